The molecule has 4 rings (SSSR count). The molecule has 0 aliphatic heterocycles. The van der Waals surface area contributed by atoms with Crippen LogP contribution in [0.5, 0.6) is 0 Å². The van der Waals surface area contributed by atoms with Crippen LogP contribution < -0.4 is 10.9 Å². The molecule has 7 nitrogen and oxygen atoms in total. The van der Waals surface area contributed by atoms with Gasteiger partial charge < -0.3 is 5.32 Å². The van der Waals surface area contributed by atoms with Crippen LogP contribution in [0.15, 0.2) is 41.6 Å². The van der Waals surface area contributed by atoms with Gasteiger partial charge in [-0.25, -0.2) is 9.67 Å². The Kier molecular flexibility index (Phi) is 4.94. The Hall–Kier alpha value is -2.67. The lowest BCUT2D eigenvalue weighted by atomic mass is 9.85. The summed E-state index contributed by atoms with van der Waals surface area (Å²) in [6.45, 7) is 1.37. The van der Waals surface area contributed by atoms with Gasteiger partial charge in [0.15, 0.2) is 5.65 Å². The third-order valence-electron chi connectivity index (χ3n) is 4.99. The number of nitrogens with one attached hydrogen (secondary N) is 1. The van der Waals surface area contributed by atoms with E-state index in [0.717, 1.165) is 24.8 Å². The van der Waals surface area contributed by atoms with Gasteiger partial charge in [-0.05, 0) is 30.5 Å². The summed E-state index contributed by atoms with van der Waals surface area (Å²) in [6.07, 6.45) is 6.16. The van der Waals surface area contributed by atoms with Crippen molar-refractivity contribution in [1.82, 2.24) is 24.6 Å². The third-order valence-corrected chi connectivity index (χ3v) is 5.24. The molecule has 1 aromatic carbocycles. The summed E-state index contributed by atoms with van der Waals surface area (Å²) in [5.74, 6) is 0.272. The first-order chi connectivity index (χ1) is 13.1. The molecule has 140 valence electrons. The highest BCUT2D eigenvalue weighted by atomic mass is 35.5. The second kappa shape index (κ2) is 7.52. The minimum Gasteiger partial charge on any atom is -0.354 e. The van der Waals surface area contributed by atoms with Crippen LogP contribution in [0.1, 0.15) is 24.8 Å². The van der Waals surface area contributed by atoms with Gasteiger partial charge in [0.1, 0.15) is 11.7 Å². The van der Waals surface area contributed by atoms with Gasteiger partial charge in [0.25, 0.3) is 5.56 Å². The van der Waals surface area contributed by atoms with Gasteiger partial charge in [-0.1, -0.05) is 30.2 Å². The van der Waals surface area contributed by atoms with E-state index in [1.54, 1.807) is 21.4 Å². The number of amides is 1. The first kappa shape index (κ1) is 17.7. The molecule has 1 amide bonds. The predicted octanol–water partition coefficient (Wildman–Crippen LogP) is 2.21. The normalized spacial score (nSPS) is 14.3. The van der Waals surface area contributed by atoms with Crippen molar-refractivity contribution in [2.45, 2.75) is 32.4 Å². The van der Waals surface area contributed by atoms with Gasteiger partial charge in [-0.2, -0.15) is 5.10 Å². The van der Waals surface area contributed by atoms with Gasteiger partial charge in [0.2, 0.25) is 5.91 Å². The van der Waals surface area contributed by atoms with E-state index in [0.29, 0.717) is 35.7 Å². The molecule has 0 saturated heterocycles. The standard InChI is InChI=1S/C19H20ClN5O2/c20-15-6-4-13(5-7-15)11-24-12-22-17-16(19(24)27)10-23-25(17)9-8-21-18(26)14-2-1-3-14/h4-7,10,12,14H,1-3,8-9,11H2,(H,21,26). The van der Waals surface area contributed by atoms with Crippen molar-refractivity contribution in [3.63, 3.8) is 0 Å². The molecule has 1 aliphatic carbocycles. The molecule has 1 fully saturated rings. The molecule has 0 bridgehead atoms. The maximum Gasteiger partial charge on any atom is 0.264 e. The Morgan fingerprint density at radius 3 is 2.74 bits per heavy atom. The van der Waals surface area contributed by atoms with Crippen molar-refractivity contribution in [1.29, 1.82) is 0 Å². The summed E-state index contributed by atoms with van der Waals surface area (Å²) in [5.41, 5.74) is 1.36. The molecule has 2 aromatic heterocycles. The summed E-state index contributed by atoms with van der Waals surface area (Å²) in [7, 11) is 0. The number of nitrogens with zero attached hydrogens (tertiary/aromatic N) is 4. The van der Waals surface area contributed by atoms with Crippen molar-refractivity contribution < 1.29 is 4.79 Å². The highest BCUT2D eigenvalue weighted by molar-refractivity contribution is 6.30. The molecule has 1 aliphatic rings. The Bertz CT molecular complexity index is 1020. The minimum atomic E-state index is -0.139. The number of carbonyl (C=O) groups excluding carboxylic acids is 1. The second-order valence-corrected chi connectivity index (χ2v) is 7.26. The van der Waals surface area contributed by atoms with E-state index in [-0.39, 0.29) is 17.4 Å². The van der Waals surface area contributed by atoms with Crippen molar-refractivity contribution in [3.8, 4) is 0 Å². The Morgan fingerprint density at radius 1 is 1.26 bits per heavy atom. The Morgan fingerprint density at radius 2 is 2.04 bits per heavy atom. The molecule has 1 N–H and O–H groups in total. The molecule has 0 atom stereocenters. The number of aromatic nitrogens is 4. The topological polar surface area (TPSA) is 81.8 Å². The van der Waals surface area contributed by atoms with E-state index in [4.69, 9.17) is 11.6 Å². The van der Waals surface area contributed by atoms with Crippen molar-refractivity contribution >= 4 is 28.5 Å². The number of hydrogen-bond donors (Lipinski definition) is 1. The smallest absolute Gasteiger partial charge is 0.264 e. The van der Waals surface area contributed by atoms with Gasteiger partial charge >= 0.3 is 0 Å². The maximum absolute atomic E-state index is 12.7. The average Bonchev–Trinajstić information content (AvgIpc) is 3.02. The van der Waals surface area contributed by atoms with E-state index in [9.17, 15) is 9.59 Å². The molecule has 3 aromatic rings. The van der Waals surface area contributed by atoms with Crippen molar-refractivity contribution in [2.75, 3.05) is 6.54 Å². The molecular weight excluding hydrogens is 366 g/mol. The van der Waals surface area contributed by atoms with Crippen molar-refractivity contribution in [2.24, 2.45) is 5.92 Å². The van der Waals surface area contributed by atoms with Crippen LogP contribution in [0.25, 0.3) is 11.0 Å². The zero-order valence-corrected chi connectivity index (χ0v) is 15.5. The van der Waals surface area contributed by atoms with Crippen LogP contribution in [-0.4, -0.2) is 31.8 Å². The number of fused-ring (bicyclic) bond motifs is 1. The van der Waals surface area contributed by atoms with E-state index < -0.39 is 0 Å². The SMILES string of the molecule is O=C(NCCn1ncc2c(=O)n(Cc3ccc(Cl)cc3)cnc21)C1CCC1. The first-order valence-corrected chi connectivity index (χ1v) is 9.43. The second-order valence-electron chi connectivity index (χ2n) is 6.83. The number of halogens is 1. The molecule has 0 spiro atoms. The van der Waals surface area contributed by atoms with Gasteiger partial charge in [-0.15, -0.1) is 0 Å². The van der Waals surface area contributed by atoms with Crippen LogP contribution in [0.2, 0.25) is 5.02 Å². The quantitative estimate of drug-likeness (QED) is 0.705. The lowest BCUT2D eigenvalue weighted by molar-refractivity contribution is -0.127. The van der Waals surface area contributed by atoms with E-state index in [1.807, 2.05) is 12.1 Å². The fourth-order valence-corrected chi connectivity index (χ4v) is 3.29. The lowest BCUT2D eigenvalue weighted by Crippen LogP contribution is -2.36. The summed E-state index contributed by atoms with van der Waals surface area (Å²) >= 11 is 5.90. The fraction of sp³-hybridized carbons (Fsp3) is 0.368. The van der Waals surface area contributed by atoms with Gasteiger partial charge in [0.05, 0.1) is 19.3 Å². The van der Waals surface area contributed by atoms with E-state index in [1.165, 1.54) is 12.5 Å². The maximum atomic E-state index is 12.7. The zero-order chi connectivity index (χ0) is 18.8. The van der Waals surface area contributed by atoms with Crippen LogP contribution in [0.4, 0.5) is 0 Å². The van der Waals surface area contributed by atoms with Crippen molar-refractivity contribution in [3.05, 3.63) is 57.7 Å². The summed E-state index contributed by atoms with van der Waals surface area (Å²) in [4.78, 5) is 29.0. The van der Waals surface area contributed by atoms with Crippen LogP contribution in [-0.2, 0) is 17.9 Å². The van der Waals surface area contributed by atoms with Crippen LogP contribution in [0.3, 0.4) is 0 Å². The number of benzene rings is 1. The van der Waals surface area contributed by atoms with Crippen LogP contribution in [0, 0.1) is 5.92 Å². The van der Waals surface area contributed by atoms with Gasteiger partial charge in [-0.3, -0.25) is 14.2 Å². The minimum absolute atomic E-state index is 0.107. The highest BCUT2D eigenvalue weighted by Gasteiger charge is 2.24. The molecule has 0 radical (unpaired) electrons. The molecule has 1 saturated carbocycles. The van der Waals surface area contributed by atoms with E-state index in [2.05, 4.69) is 15.4 Å². The molecular formula is C19H20ClN5O2. The largest absolute Gasteiger partial charge is 0.354 e. The fourth-order valence-electron chi connectivity index (χ4n) is 3.16. The van der Waals surface area contributed by atoms with Gasteiger partial charge in [0, 0.05) is 17.5 Å². The average molecular weight is 386 g/mol. The summed E-state index contributed by atoms with van der Waals surface area (Å²) < 4.78 is 3.21. The first-order valence-electron chi connectivity index (χ1n) is 9.05. The van der Waals surface area contributed by atoms with E-state index >= 15 is 0 Å². The highest BCUT2D eigenvalue weighted by Crippen LogP contribution is 2.26. The summed E-state index contributed by atoms with van der Waals surface area (Å²) in [5, 5.41) is 8.32. The molecule has 0 unspecified atom stereocenters. The lowest BCUT2D eigenvalue weighted by Gasteiger charge is -2.23. The van der Waals surface area contributed by atoms with Crippen LogP contribution >= 0.6 is 11.6 Å². The number of rotatable bonds is 6. The Balaban J connectivity index is 1.46. The third kappa shape index (κ3) is 3.73. The summed E-state index contributed by atoms with van der Waals surface area (Å²) in [6, 6.07) is 7.36. The predicted molar refractivity (Wildman–Crippen MR) is 103 cm³/mol. The number of hydrogen-bond acceptors (Lipinski definition) is 4. The Labute approximate surface area is 161 Å². The molecule has 8 heteroatoms. The molecule has 2 heterocycles. The molecule has 27 heavy (non-hydrogen) atoms. The number of carbonyl (C=O) groups is 1. The zero-order valence-electron chi connectivity index (χ0n) is 14.8. The monoisotopic (exact) mass is 385 g/mol.